The Hall–Kier alpha value is -3.12. The highest BCUT2D eigenvalue weighted by molar-refractivity contribution is 9.10. The van der Waals surface area contributed by atoms with Crippen LogP contribution >= 0.6 is 15.9 Å². The van der Waals surface area contributed by atoms with Crippen molar-refractivity contribution in [2.75, 3.05) is 13.2 Å². The highest BCUT2D eigenvalue weighted by Gasteiger charge is 2.30. The smallest absolute Gasteiger partial charge is 0.261 e. The fraction of sp³-hybridized carbons (Fsp3) is 0.310. The van der Waals surface area contributed by atoms with E-state index in [1.54, 1.807) is 4.90 Å². The molecule has 3 aromatic carbocycles. The molecule has 2 amide bonds. The topological polar surface area (TPSA) is 58.6 Å². The Balaban J connectivity index is 1.90. The molecular weight excluding hydrogens is 504 g/mol. The second-order valence-electron chi connectivity index (χ2n) is 8.77. The summed E-state index contributed by atoms with van der Waals surface area (Å²) in [6, 6.07) is 20.9. The zero-order valence-corrected chi connectivity index (χ0v) is 22.4. The minimum absolute atomic E-state index is 0.156. The number of nitrogens with one attached hydrogen (secondary N) is 1. The van der Waals surface area contributed by atoms with Crippen LogP contribution in [0.25, 0.3) is 0 Å². The molecule has 3 aromatic rings. The molecule has 0 aromatic heterocycles. The molecule has 1 N–H and O–H groups in total. The monoisotopic (exact) mass is 536 g/mol. The number of carbonyl (C=O) groups is 2. The quantitative estimate of drug-likeness (QED) is 0.370. The summed E-state index contributed by atoms with van der Waals surface area (Å²) >= 11 is 3.57. The maximum Gasteiger partial charge on any atom is 0.261 e. The lowest BCUT2D eigenvalue weighted by atomic mass is 10.0. The lowest BCUT2D eigenvalue weighted by Gasteiger charge is -2.31. The van der Waals surface area contributed by atoms with Crippen molar-refractivity contribution >= 4 is 27.7 Å². The number of hydrogen-bond acceptors (Lipinski definition) is 3. The summed E-state index contributed by atoms with van der Waals surface area (Å²) in [5.41, 5.74) is 5.13. The van der Waals surface area contributed by atoms with E-state index in [2.05, 4.69) is 21.2 Å². The summed E-state index contributed by atoms with van der Waals surface area (Å²) in [7, 11) is 0. The Morgan fingerprint density at radius 2 is 1.60 bits per heavy atom. The Bertz CT molecular complexity index is 1140. The van der Waals surface area contributed by atoms with E-state index >= 15 is 0 Å². The summed E-state index contributed by atoms with van der Waals surface area (Å²) in [6.45, 7) is 8.52. The zero-order valence-electron chi connectivity index (χ0n) is 20.8. The fourth-order valence-corrected chi connectivity index (χ4v) is 4.30. The van der Waals surface area contributed by atoms with E-state index < -0.39 is 6.04 Å². The third-order valence-electron chi connectivity index (χ3n) is 5.83. The van der Waals surface area contributed by atoms with Gasteiger partial charge in [-0.15, -0.1) is 0 Å². The number of ether oxygens (including phenoxy) is 1. The molecule has 0 heterocycles. The number of halogens is 1. The summed E-state index contributed by atoms with van der Waals surface area (Å²) in [4.78, 5) is 28.4. The molecule has 0 spiro atoms. The van der Waals surface area contributed by atoms with Crippen LogP contribution < -0.4 is 10.1 Å². The molecule has 0 aliphatic heterocycles. The normalized spacial score (nSPS) is 11.6. The number of rotatable bonds is 10. The Morgan fingerprint density at radius 1 is 0.943 bits per heavy atom. The summed E-state index contributed by atoms with van der Waals surface area (Å²) in [5.74, 6) is 0.217. The van der Waals surface area contributed by atoms with E-state index in [0.29, 0.717) is 25.3 Å². The molecule has 3 rings (SSSR count). The SMILES string of the molecule is CCNC(=O)[C@@H](Cc1ccccc1)N(Cc1cccc(C)c1)C(=O)COc1cc(C)c(Br)c(C)c1. The first-order valence-electron chi connectivity index (χ1n) is 11.8. The van der Waals surface area contributed by atoms with E-state index in [1.165, 1.54) is 0 Å². The van der Waals surface area contributed by atoms with Crippen LogP contribution in [0.3, 0.4) is 0 Å². The van der Waals surface area contributed by atoms with E-state index in [0.717, 1.165) is 32.3 Å². The molecule has 5 nitrogen and oxygen atoms in total. The van der Waals surface area contributed by atoms with Gasteiger partial charge in [-0.2, -0.15) is 0 Å². The van der Waals surface area contributed by atoms with Crippen molar-refractivity contribution in [1.29, 1.82) is 0 Å². The van der Waals surface area contributed by atoms with Crippen molar-refractivity contribution < 1.29 is 14.3 Å². The number of aryl methyl sites for hydroxylation is 3. The van der Waals surface area contributed by atoms with Crippen molar-refractivity contribution in [2.45, 2.75) is 46.7 Å². The van der Waals surface area contributed by atoms with Gasteiger partial charge in [-0.1, -0.05) is 76.1 Å². The fourth-order valence-electron chi connectivity index (χ4n) is 4.07. The molecule has 0 radical (unpaired) electrons. The van der Waals surface area contributed by atoms with Gasteiger partial charge in [-0.3, -0.25) is 9.59 Å². The molecule has 0 aliphatic carbocycles. The minimum atomic E-state index is -0.664. The van der Waals surface area contributed by atoms with Gasteiger partial charge in [0.1, 0.15) is 11.8 Å². The van der Waals surface area contributed by atoms with Gasteiger partial charge in [-0.25, -0.2) is 0 Å². The largest absolute Gasteiger partial charge is 0.484 e. The molecule has 184 valence electrons. The molecule has 0 aliphatic rings. The third kappa shape index (κ3) is 7.43. The molecule has 0 unspecified atom stereocenters. The first kappa shape index (κ1) is 26.5. The van der Waals surface area contributed by atoms with Gasteiger partial charge >= 0.3 is 0 Å². The lowest BCUT2D eigenvalue weighted by molar-refractivity contribution is -0.142. The average Bonchev–Trinajstić information content (AvgIpc) is 2.84. The van der Waals surface area contributed by atoms with Gasteiger partial charge in [0.05, 0.1) is 0 Å². The number of nitrogens with zero attached hydrogens (tertiary/aromatic N) is 1. The molecular formula is C29H33BrN2O3. The molecule has 0 fully saturated rings. The number of benzene rings is 3. The van der Waals surface area contributed by atoms with Crippen LogP contribution in [-0.4, -0.2) is 35.9 Å². The van der Waals surface area contributed by atoms with Crippen LogP contribution in [0.5, 0.6) is 5.75 Å². The van der Waals surface area contributed by atoms with Crippen LogP contribution in [0.15, 0.2) is 71.2 Å². The number of likely N-dealkylation sites (N-methyl/N-ethyl adjacent to an activating group) is 1. The van der Waals surface area contributed by atoms with Gasteiger partial charge in [0.2, 0.25) is 5.91 Å². The molecule has 1 atom stereocenters. The predicted molar refractivity (Wildman–Crippen MR) is 143 cm³/mol. The maximum atomic E-state index is 13.6. The van der Waals surface area contributed by atoms with E-state index in [9.17, 15) is 9.59 Å². The Morgan fingerprint density at radius 3 is 2.23 bits per heavy atom. The summed E-state index contributed by atoms with van der Waals surface area (Å²) < 4.78 is 6.95. The van der Waals surface area contributed by atoms with Gasteiger partial charge in [0.15, 0.2) is 6.61 Å². The average molecular weight is 537 g/mol. The van der Waals surface area contributed by atoms with Crippen molar-refractivity contribution in [3.05, 3.63) is 99.0 Å². The number of hydrogen-bond donors (Lipinski definition) is 1. The van der Waals surface area contributed by atoms with Crippen LogP contribution in [-0.2, 0) is 22.6 Å². The second kappa shape index (κ2) is 12.5. The van der Waals surface area contributed by atoms with E-state index in [-0.39, 0.29) is 18.4 Å². The Kier molecular flexibility index (Phi) is 9.49. The number of amides is 2. The summed E-state index contributed by atoms with van der Waals surface area (Å²) in [6.07, 6.45) is 0.417. The van der Waals surface area contributed by atoms with Crippen molar-refractivity contribution in [2.24, 2.45) is 0 Å². The van der Waals surface area contributed by atoms with Gasteiger partial charge in [0.25, 0.3) is 5.91 Å². The van der Waals surface area contributed by atoms with E-state index in [1.807, 2.05) is 94.4 Å². The van der Waals surface area contributed by atoms with Crippen molar-refractivity contribution in [1.82, 2.24) is 10.2 Å². The van der Waals surface area contributed by atoms with Gasteiger partial charge in [0, 0.05) is 24.0 Å². The molecule has 0 saturated heterocycles. The first-order chi connectivity index (χ1) is 16.8. The second-order valence-corrected chi connectivity index (χ2v) is 9.56. The molecule has 6 heteroatoms. The standard InChI is InChI=1S/C29H33BrN2O3/c1-5-31-29(34)26(17-23-11-7-6-8-12-23)32(18-24-13-9-10-20(2)14-24)27(33)19-35-25-15-21(3)28(30)22(4)16-25/h6-16,26H,5,17-19H2,1-4H3,(H,31,34)/t26-/m1/s1. The lowest BCUT2D eigenvalue weighted by Crippen LogP contribution is -2.51. The van der Waals surface area contributed by atoms with Crippen LogP contribution in [0.1, 0.15) is 34.7 Å². The zero-order chi connectivity index (χ0) is 25.4. The highest BCUT2D eigenvalue weighted by atomic mass is 79.9. The molecule has 35 heavy (non-hydrogen) atoms. The first-order valence-corrected chi connectivity index (χ1v) is 12.6. The number of carbonyl (C=O) groups excluding carboxylic acids is 2. The van der Waals surface area contributed by atoms with Gasteiger partial charge < -0.3 is 15.0 Å². The van der Waals surface area contributed by atoms with Crippen LogP contribution in [0.4, 0.5) is 0 Å². The maximum absolute atomic E-state index is 13.6. The Labute approximate surface area is 216 Å². The van der Waals surface area contributed by atoms with Crippen molar-refractivity contribution in [3.63, 3.8) is 0 Å². The highest BCUT2D eigenvalue weighted by Crippen LogP contribution is 2.26. The minimum Gasteiger partial charge on any atom is -0.484 e. The third-order valence-corrected chi connectivity index (χ3v) is 7.08. The predicted octanol–water partition coefficient (Wildman–Crippen LogP) is 5.53. The molecule has 0 bridgehead atoms. The molecule has 0 saturated carbocycles. The van der Waals surface area contributed by atoms with Crippen LogP contribution in [0, 0.1) is 20.8 Å². The van der Waals surface area contributed by atoms with E-state index in [4.69, 9.17) is 4.74 Å². The summed E-state index contributed by atoms with van der Waals surface area (Å²) in [5, 5.41) is 2.91. The van der Waals surface area contributed by atoms with Crippen LogP contribution in [0.2, 0.25) is 0 Å². The van der Waals surface area contributed by atoms with Gasteiger partial charge in [-0.05, 0) is 62.1 Å². The van der Waals surface area contributed by atoms with Crippen molar-refractivity contribution in [3.8, 4) is 5.75 Å².